The molecule has 0 unspecified atom stereocenters. The maximum atomic E-state index is 12.1. The van der Waals surface area contributed by atoms with Gasteiger partial charge < -0.3 is 20.1 Å². The molecule has 10 heteroatoms. The van der Waals surface area contributed by atoms with Gasteiger partial charge in [0.2, 0.25) is 0 Å². The summed E-state index contributed by atoms with van der Waals surface area (Å²) in [6.07, 6.45) is 1.75. The number of para-hydroxylation sites is 1. The zero-order chi connectivity index (χ0) is 21.9. The molecule has 0 saturated heterocycles. The fourth-order valence-corrected chi connectivity index (χ4v) is 3.40. The molecular formula is C21H28N6O3S. The maximum Gasteiger partial charge on any atom is 0.258 e. The maximum absolute atomic E-state index is 12.1. The number of thioether (sulfide) groups is 1. The molecule has 9 nitrogen and oxygen atoms in total. The van der Waals surface area contributed by atoms with Gasteiger partial charge in [-0.3, -0.25) is 4.79 Å². The van der Waals surface area contributed by atoms with Crippen LogP contribution >= 0.6 is 11.8 Å². The Balaban J connectivity index is 1.59. The van der Waals surface area contributed by atoms with Crippen LogP contribution in [0.4, 0.5) is 5.82 Å². The molecule has 0 aliphatic carbocycles. The molecule has 0 fully saturated rings. The average Bonchev–Trinajstić information content (AvgIpc) is 3.19. The van der Waals surface area contributed by atoms with E-state index in [1.165, 1.54) is 0 Å². The van der Waals surface area contributed by atoms with Crippen LogP contribution in [0.3, 0.4) is 0 Å². The highest BCUT2D eigenvalue weighted by Gasteiger charge is 2.13. The van der Waals surface area contributed by atoms with Crippen molar-refractivity contribution in [3.63, 3.8) is 0 Å². The number of nitrogens with one attached hydrogen (secondary N) is 2. The molecule has 3 aromatic rings. The lowest BCUT2D eigenvalue weighted by Crippen LogP contribution is -2.31. The van der Waals surface area contributed by atoms with Crippen LogP contribution in [0, 0.1) is 0 Å². The van der Waals surface area contributed by atoms with Crippen LogP contribution in [-0.2, 0) is 16.1 Å². The summed E-state index contributed by atoms with van der Waals surface area (Å²) in [6, 6.07) is 9.25. The van der Waals surface area contributed by atoms with Crippen molar-refractivity contribution in [2.24, 2.45) is 0 Å². The van der Waals surface area contributed by atoms with Gasteiger partial charge in [-0.1, -0.05) is 36.9 Å². The minimum Gasteiger partial charge on any atom is -0.484 e. The Labute approximate surface area is 185 Å². The molecule has 0 spiro atoms. The van der Waals surface area contributed by atoms with Crippen LogP contribution < -0.4 is 15.4 Å². The molecule has 3 rings (SSSR count). The summed E-state index contributed by atoms with van der Waals surface area (Å²) in [4.78, 5) is 21.3. The number of hydrogen-bond acceptors (Lipinski definition) is 8. The average molecular weight is 445 g/mol. The molecule has 0 atom stereocenters. The van der Waals surface area contributed by atoms with Crippen molar-refractivity contribution in [1.82, 2.24) is 25.1 Å². The van der Waals surface area contributed by atoms with Gasteiger partial charge in [-0.25, -0.2) is 14.6 Å². The zero-order valence-corrected chi connectivity index (χ0v) is 18.7. The summed E-state index contributed by atoms with van der Waals surface area (Å²) in [6.45, 7) is 6.84. The van der Waals surface area contributed by atoms with Crippen LogP contribution in [0.5, 0.6) is 5.75 Å². The van der Waals surface area contributed by atoms with E-state index in [-0.39, 0.29) is 12.5 Å². The van der Waals surface area contributed by atoms with Crippen molar-refractivity contribution in [2.45, 2.75) is 25.5 Å². The highest BCUT2D eigenvalue weighted by atomic mass is 32.2. The first-order valence-electron chi connectivity index (χ1n) is 10.3. The summed E-state index contributed by atoms with van der Waals surface area (Å²) >= 11 is 1.57. The van der Waals surface area contributed by atoms with Crippen LogP contribution in [0.25, 0.3) is 11.0 Å². The number of fused-ring (bicyclic) bond motifs is 1. The first-order valence-corrected chi connectivity index (χ1v) is 11.3. The molecule has 31 heavy (non-hydrogen) atoms. The molecule has 0 radical (unpaired) electrons. The topological polar surface area (TPSA) is 103 Å². The minimum atomic E-state index is -0.185. The Kier molecular flexibility index (Phi) is 8.92. The molecule has 1 amide bonds. The number of ether oxygens (including phenoxy) is 2. The summed E-state index contributed by atoms with van der Waals surface area (Å²) in [5.41, 5.74) is 0.736. The number of benzene rings is 1. The van der Waals surface area contributed by atoms with Gasteiger partial charge in [0.15, 0.2) is 17.4 Å². The molecule has 166 valence electrons. The van der Waals surface area contributed by atoms with Crippen LogP contribution in [0.15, 0.2) is 41.7 Å². The summed E-state index contributed by atoms with van der Waals surface area (Å²) in [7, 11) is 0. The number of carbonyl (C=O) groups is 1. The number of hydrogen-bond donors (Lipinski definition) is 2. The van der Waals surface area contributed by atoms with E-state index in [1.54, 1.807) is 22.6 Å². The third kappa shape index (κ3) is 6.83. The molecular weight excluding hydrogens is 416 g/mol. The Hall–Kier alpha value is -2.85. The lowest BCUT2D eigenvalue weighted by Gasteiger charge is -2.10. The molecule has 2 aromatic heterocycles. The molecule has 0 bridgehead atoms. The fourth-order valence-electron chi connectivity index (χ4n) is 2.83. The summed E-state index contributed by atoms with van der Waals surface area (Å²) in [5.74, 6) is 2.09. The first-order chi connectivity index (χ1) is 15.2. The van der Waals surface area contributed by atoms with E-state index in [2.05, 4.69) is 32.6 Å². The standard InChI is InChI=1S/C21H28N6O3S/c1-3-29-13-11-23-19-17-14-24-27(20(17)26-21(25-19)31-4-2)12-10-22-18(28)15-30-16-8-6-5-7-9-16/h5-9,14H,3-4,10-13,15H2,1-2H3,(H,22,28)(H,23,25,26). The Bertz CT molecular complexity index is 966. The third-order valence-electron chi connectivity index (χ3n) is 4.25. The lowest BCUT2D eigenvalue weighted by atomic mass is 10.3. The van der Waals surface area contributed by atoms with E-state index < -0.39 is 0 Å². The highest BCUT2D eigenvalue weighted by molar-refractivity contribution is 7.99. The van der Waals surface area contributed by atoms with E-state index in [9.17, 15) is 4.79 Å². The van der Waals surface area contributed by atoms with Gasteiger partial charge in [0.05, 0.1) is 24.7 Å². The number of aromatic nitrogens is 4. The predicted octanol–water partition coefficient (Wildman–Crippen LogP) is 2.58. The number of anilines is 1. The van der Waals surface area contributed by atoms with Crippen molar-refractivity contribution in [3.8, 4) is 5.75 Å². The molecule has 0 aliphatic rings. The normalized spacial score (nSPS) is 10.9. The second-order valence-electron chi connectivity index (χ2n) is 6.47. The van der Waals surface area contributed by atoms with Crippen molar-refractivity contribution >= 4 is 34.5 Å². The number of amides is 1. The van der Waals surface area contributed by atoms with Gasteiger partial charge in [-0.15, -0.1) is 0 Å². The SMILES string of the molecule is CCOCCNc1nc(SCC)nc2c1cnn2CCNC(=O)COc1ccccc1. The van der Waals surface area contributed by atoms with Crippen molar-refractivity contribution < 1.29 is 14.3 Å². The Morgan fingerprint density at radius 3 is 2.77 bits per heavy atom. The van der Waals surface area contributed by atoms with Gasteiger partial charge in [-0.05, 0) is 24.8 Å². The zero-order valence-electron chi connectivity index (χ0n) is 17.8. The Morgan fingerprint density at radius 1 is 1.16 bits per heavy atom. The number of carbonyl (C=O) groups excluding carboxylic acids is 1. The number of rotatable bonds is 13. The number of nitrogens with zero attached hydrogens (tertiary/aromatic N) is 4. The highest BCUT2D eigenvalue weighted by Crippen LogP contribution is 2.24. The van der Waals surface area contributed by atoms with Gasteiger partial charge in [-0.2, -0.15) is 5.10 Å². The summed E-state index contributed by atoms with van der Waals surface area (Å²) < 4.78 is 12.6. The lowest BCUT2D eigenvalue weighted by molar-refractivity contribution is -0.123. The smallest absolute Gasteiger partial charge is 0.258 e. The molecule has 2 N–H and O–H groups in total. The van der Waals surface area contributed by atoms with E-state index in [0.29, 0.717) is 43.8 Å². The molecule has 2 heterocycles. The van der Waals surface area contributed by atoms with Gasteiger partial charge in [0, 0.05) is 19.7 Å². The Morgan fingerprint density at radius 2 is 2.00 bits per heavy atom. The molecule has 0 saturated carbocycles. The van der Waals surface area contributed by atoms with E-state index in [0.717, 1.165) is 22.6 Å². The van der Waals surface area contributed by atoms with Gasteiger partial charge in [0.1, 0.15) is 11.6 Å². The molecule has 1 aromatic carbocycles. The van der Waals surface area contributed by atoms with Crippen molar-refractivity contribution in [1.29, 1.82) is 0 Å². The largest absolute Gasteiger partial charge is 0.484 e. The van der Waals surface area contributed by atoms with Crippen LogP contribution in [0.1, 0.15) is 13.8 Å². The van der Waals surface area contributed by atoms with E-state index in [1.807, 2.05) is 37.3 Å². The molecule has 0 aliphatic heterocycles. The van der Waals surface area contributed by atoms with Gasteiger partial charge >= 0.3 is 0 Å². The van der Waals surface area contributed by atoms with Crippen LogP contribution in [0.2, 0.25) is 0 Å². The van der Waals surface area contributed by atoms with Crippen molar-refractivity contribution in [2.75, 3.05) is 44.0 Å². The first kappa shape index (κ1) is 22.8. The van der Waals surface area contributed by atoms with E-state index in [4.69, 9.17) is 9.47 Å². The van der Waals surface area contributed by atoms with Crippen molar-refractivity contribution in [3.05, 3.63) is 36.5 Å². The van der Waals surface area contributed by atoms with Gasteiger partial charge in [0.25, 0.3) is 5.91 Å². The second kappa shape index (κ2) is 12.1. The minimum absolute atomic E-state index is 0.0305. The monoisotopic (exact) mass is 444 g/mol. The quantitative estimate of drug-likeness (QED) is 0.236. The fraction of sp³-hybridized carbons (Fsp3) is 0.429. The summed E-state index contributed by atoms with van der Waals surface area (Å²) in [5, 5.41) is 12.1. The second-order valence-corrected chi connectivity index (χ2v) is 7.70. The van der Waals surface area contributed by atoms with Crippen LogP contribution in [-0.4, -0.2) is 64.3 Å². The van der Waals surface area contributed by atoms with E-state index >= 15 is 0 Å². The third-order valence-corrected chi connectivity index (χ3v) is 4.98. The predicted molar refractivity (Wildman–Crippen MR) is 122 cm³/mol.